The zero-order valence-corrected chi connectivity index (χ0v) is 9.92. The van der Waals surface area contributed by atoms with Crippen LogP contribution in [0.4, 0.5) is 0 Å². The molecule has 0 spiro atoms. The van der Waals surface area contributed by atoms with Gasteiger partial charge < -0.3 is 4.74 Å². The molecule has 88 valence electrons. The number of hydrogen-bond acceptors (Lipinski definition) is 3. The van der Waals surface area contributed by atoms with E-state index in [-0.39, 0.29) is 0 Å². The van der Waals surface area contributed by atoms with Crippen LogP contribution in [0, 0.1) is 0 Å². The Hall–Kier alpha value is -0.830. The molecule has 0 aromatic carbocycles. The highest BCUT2D eigenvalue weighted by atomic mass is 16.6. The largest absolute Gasteiger partial charge is 0.441 e. The third-order valence-electron chi connectivity index (χ3n) is 2.38. The molecule has 0 amide bonds. The van der Waals surface area contributed by atoms with Gasteiger partial charge in [-0.05, 0) is 12.8 Å². The number of hydrogen-bond donors (Lipinski definition) is 1. The minimum Gasteiger partial charge on any atom is -0.441 e. The van der Waals surface area contributed by atoms with Gasteiger partial charge in [-0.15, -0.1) is 0 Å². The summed E-state index contributed by atoms with van der Waals surface area (Å²) in [6.45, 7) is 7.56. The molecule has 15 heavy (non-hydrogen) atoms. The number of ether oxygens (including phenoxy) is 1. The highest BCUT2D eigenvalue weighted by Gasteiger charge is 2.27. The molecular formula is C12H23NO2. The van der Waals surface area contributed by atoms with E-state index < -0.39 is 11.7 Å². The second-order valence-electron chi connectivity index (χ2n) is 3.90. The molecule has 0 aliphatic rings. The summed E-state index contributed by atoms with van der Waals surface area (Å²) in [5.74, 6) is -0.426. The van der Waals surface area contributed by atoms with Crippen LogP contribution < -0.4 is 5.73 Å². The molecule has 0 fully saturated rings. The van der Waals surface area contributed by atoms with Crippen molar-refractivity contribution in [1.29, 1.82) is 0 Å². The quantitative estimate of drug-likeness (QED) is 0.383. The van der Waals surface area contributed by atoms with Gasteiger partial charge in [-0.2, -0.15) is 0 Å². The Morgan fingerprint density at radius 1 is 1.33 bits per heavy atom. The molecule has 0 aliphatic carbocycles. The standard InChI is InChI=1S/C12H23NO2/c1-4-7-9-12(13,10-8-5-2)15-11(14)6-3/h6H,3-5,7-10,13H2,1-2H3. The van der Waals surface area contributed by atoms with E-state index in [0.29, 0.717) is 0 Å². The molecule has 0 saturated heterocycles. The zero-order chi connectivity index (χ0) is 11.7. The average Bonchev–Trinajstić information content (AvgIpc) is 2.23. The van der Waals surface area contributed by atoms with E-state index in [1.165, 1.54) is 6.08 Å². The van der Waals surface area contributed by atoms with Crippen molar-refractivity contribution in [3.05, 3.63) is 12.7 Å². The zero-order valence-electron chi connectivity index (χ0n) is 9.92. The van der Waals surface area contributed by atoms with Gasteiger partial charge in [0, 0.05) is 18.9 Å². The van der Waals surface area contributed by atoms with Crippen molar-refractivity contribution in [2.24, 2.45) is 5.73 Å². The van der Waals surface area contributed by atoms with Gasteiger partial charge in [-0.25, -0.2) is 4.79 Å². The number of esters is 1. The summed E-state index contributed by atoms with van der Waals surface area (Å²) in [5, 5.41) is 0. The third-order valence-corrected chi connectivity index (χ3v) is 2.38. The lowest BCUT2D eigenvalue weighted by molar-refractivity contribution is -0.154. The van der Waals surface area contributed by atoms with Gasteiger partial charge in [0.15, 0.2) is 5.72 Å². The Morgan fingerprint density at radius 3 is 2.13 bits per heavy atom. The summed E-state index contributed by atoms with van der Waals surface area (Å²) < 4.78 is 5.21. The van der Waals surface area contributed by atoms with Crippen LogP contribution in [0.5, 0.6) is 0 Å². The van der Waals surface area contributed by atoms with Crippen molar-refractivity contribution in [3.8, 4) is 0 Å². The predicted octanol–water partition coefficient (Wildman–Crippen LogP) is 2.75. The van der Waals surface area contributed by atoms with Crippen molar-refractivity contribution in [2.75, 3.05) is 0 Å². The summed E-state index contributed by atoms with van der Waals surface area (Å²) in [5.41, 5.74) is 5.26. The molecule has 0 aliphatic heterocycles. The summed E-state index contributed by atoms with van der Waals surface area (Å²) in [6.07, 6.45) is 6.67. The molecule has 0 radical (unpaired) electrons. The Bertz CT molecular complexity index is 194. The fourth-order valence-electron chi connectivity index (χ4n) is 1.42. The van der Waals surface area contributed by atoms with Crippen LogP contribution in [0.3, 0.4) is 0 Å². The molecule has 0 heterocycles. The average molecular weight is 213 g/mol. The molecule has 0 atom stereocenters. The summed E-state index contributed by atoms with van der Waals surface area (Å²) >= 11 is 0. The number of carbonyl (C=O) groups excluding carboxylic acids is 1. The van der Waals surface area contributed by atoms with Crippen LogP contribution >= 0.6 is 0 Å². The fourth-order valence-corrected chi connectivity index (χ4v) is 1.42. The van der Waals surface area contributed by atoms with E-state index >= 15 is 0 Å². The van der Waals surface area contributed by atoms with Gasteiger partial charge in [0.1, 0.15) is 0 Å². The van der Waals surface area contributed by atoms with Crippen molar-refractivity contribution < 1.29 is 9.53 Å². The molecule has 3 nitrogen and oxygen atoms in total. The molecule has 3 heteroatoms. The van der Waals surface area contributed by atoms with Gasteiger partial charge in [-0.3, -0.25) is 5.73 Å². The molecule has 0 rings (SSSR count). The minimum absolute atomic E-state index is 0.426. The number of carbonyl (C=O) groups is 1. The van der Waals surface area contributed by atoms with Crippen LogP contribution in [-0.4, -0.2) is 11.7 Å². The molecule has 2 N–H and O–H groups in total. The first kappa shape index (κ1) is 14.2. The maximum atomic E-state index is 11.1. The van der Waals surface area contributed by atoms with Gasteiger partial charge in [-0.1, -0.05) is 33.3 Å². The number of unbranched alkanes of at least 4 members (excludes halogenated alkanes) is 2. The van der Waals surface area contributed by atoms with Crippen LogP contribution in [-0.2, 0) is 9.53 Å². The molecule has 0 aromatic heterocycles. The normalized spacial score (nSPS) is 11.1. The van der Waals surface area contributed by atoms with Crippen LogP contribution in [0.15, 0.2) is 12.7 Å². The molecule has 0 bridgehead atoms. The van der Waals surface area contributed by atoms with Gasteiger partial charge in [0.25, 0.3) is 0 Å². The second kappa shape index (κ2) is 7.46. The Kier molecular flexibility index (Phi) is 7.05. The highest BCUT2D eigenvalue weighted by molar-refractivity contribution is 5.81. The van der Waals surface area contributed by atoms with Crippen molar-refractivity contribution in [1.82, 2.24) is 0 Å². The van der Waals surface area contributed by atoms with E-state index in [1.54, 1.807) is 0 Å². The Morgan fingerprint density at radius 2 is 1.80 bits per heavy atom. The van der Waals surface area contributed by atoms with Crippen LogP contribution in [0.2, 0.25) is 0 Å². The fraction of sp³-hybridized carbons (Fsp3) is 0.750. The summed E-state index contributed by atoms with van der Waals surface area (Å²) in [7, 11) is 0. The van der Waals surface area contributed by atoms with Crippen molar-refractivity contribution in [2.45, 2.75) is 58.1 Å². The Balaban J connectivity index is 4.24. The van der Waals surface area contributed by atoms with E-state index in [4.69, 9.17) is 10.5 Å². The third kappa shape index (κ3) is 6.28. The summed E-state index contributed by atoms with van der Waals surface area (Å²) in [4.78, 5) is 11.1. The van der Waals surface area contributed by atoms with Crippen LogP contribution in [0.1, 0.15) is 52.4 Å². The lowest BCUT2D eigenvalue weighted by Gasteiger charge is -2.28. The summed E-state index contributed by atoms with van der Waals surface area (Å²) in [6, 6.07) is 0. The first-order valence-corrected chi connectivity index (χ1v) is 5.72. The monoisotopic (exact) mass is 213 g/mol. The van der Waals surface area contributed by atoms with Crippen LogP contribution in [0.25, 0.3) is 0 Å². The molecule has 0 unspecified atom stereocenters. The topological polar surface area (TPSA) is 52.3 Å². The van der Waals surface area contributed by atoms with Gasteiger partial charge in [0.05, 0.1) is 0 Å². The predicted molar refractivity (Wildman–Crippen MR) is 62.3 cm³/mol. The molecular weight excluding hydrogens is 190 g/mol. The Labute approximate surface area is 92.7 Å². The lowest BCUT2D eigenvalue weighted by atomic mass is 10.0. The van der Waals surface area contributed by atoms with E-state index in [9.17, 15) is 4.79 Å². The van der Waals surface area contributed by atoms with E-state index in [2.05, 4.69) is 20.4 Å². The number of nitrogens with two attached hydrogens (primary N) is 1. The minimum atomic E-state index is -0.794. The second-order valence-corrected chi connectivity index (χ2v) is 3.90. The maximum absolute atomic E-state index is 11.1. The lowest BCUT2D eigenvalue weighted by Crippen LogP contribution is -2.44. The first-order chi connectivity index (χ1) is 7.08. The maximum Gasteiger partial charge on any atom is 0.331 e. The van der Waals surface area contributed by atoms with Crippen molar-refractivity contribution in [3.63, 3.8) is 0 Å². The van der Waals surface area contributed by atoms with Crippen molar-refractivity contribution >= 4 is 5.97 Å². The van der Waals surface area contributed by atoms with Gasteiger partial charge in [0.2, 0.25) is 0 Å². The smallest absolute Gasteiger partial charge is 0.331 e. The molecule has 0 saturated carbocycles. The van der Waals surface area contributed by atoms with E-state index in [1.807, 2.05) is 0 Å². The highest BCUT2D eigenvalue weighted by Crippen LogP contribution is 2.20. The first-order valence-electron chi connectivity index (χ1n) is 5.72. The van der Waals surface area contributed by atoms with Gasteiger partial charge >= 0.3 is 5.97 Å². The molecule has 0 aromatic rings. The van der Waals surface area contributed by atoms with E-state index in [0.717, 1.165) is 38.5 Å². The SMILES string of the molecule is C=CC(=O)OC(N)(CCCC)CCCC. The number of rotatable bonds is 8.